The molecule has 2 nitrogen and oxygen atoms in total. The van der Waals surface area contributed by atoms with Crippen LogP contribution in [0.2, 0.25) is 0 Å². The molecule has 2 aromatic rings. The van der Waals surface area contributed by atoms with E-state index in [2.05, 4.69) is 0 Å². The Labute approximate surface area is 115 Å². The van der Waals surface area contributed by atoms with Gasteiger partial charge in [0.15, 0.2) is 17.3 Å². The summed E-state index contributed by atoms with van der Waals surface area (Å²) in [6.45, 7) is 0. The molecule has 102 valence electrons. The van der Waals surface area contributed by atoms with Crippen molar-refractivity contribution < 1.29 is 18.3 Å². The highest BCUT2D eigenvalue weighted by Gasteiger charge is 2.03. The molecule has 0 spiro atoms. The predicted octanol–water partition coefficient (Wildman–Crippen LogP) is 3.87. The molecule has 20 heavy (non-hydrogen) atoms. The van der Waals surface area contributed by atoms with E-state index in [1.807, 2.05) is 0 Å². The smallest absolute Gasteiger partial charge is 0.185 e. The Kier molecular flexibility index (Phi) is 4.25. The van der Waals surface area contributed by atoms with Gasteiger partial charge in [-0.15, -0.1) is 0 Å². The van der Waals surface area contributed by atoms with Gasteiger partial charge < -0.3 is 4.74 Å². The summed E-state index contributed by atoms with van der Waals surface area (Å²) in [7, 11) is 1.38. The highest BCUT2D eigenvalue weighted by atomic mass is 19.1. The van der Waals surface area contributed by atoms with E-state index in [1.54, 1.807) is 6.07 Å². The quantitative estimate of drug-likeness (QED) is 0.625. The number of rotatable bonds is 4. The number of carbonyl (C=O) groups is 1. The van der Waals surface area contributed by atoms with E-state index in [0.29, 0.717) is 11.1 Å². The van der Waals surface area contributed by atoms with Gasteiger partial charge in [-0.05, 0) is 48.0 Å². The van der Waals surface area contributed by atoms with Crippen LogP contribution >= 0.6 is 0 Å². The number of ether oxygens (including phenoxy) is 1. The third-order valence-electron chi connectivity index (χ3n) is 2.73. The van der Waals surface area contributed by atoms with Crippen molar-refractivity contribution in [1.29, 1.82) is 0 Å². The fourth-order valence-electron chi connectivity index (χ4n) is 1.67. The maximum absolute atomic E-state index is 13.5. The Morgan fingerprint density at radius 3 is 2.40 bits per heavy atom. The van der Waals surface area contributed by atoms with E-state index in [4.69, 9.17) is 4.74 Å². The first-order valence-corrected chi connectivity index (χ1v) is 5.91. The van der Waals surface area contributed by atoms with Crippen LogP contribution in [0.1, 0.15) is 15.9 Å². The second-order valence-corrected chi connectivity index (χ2v) is 4.10. The highest BCUT2D eigenvalue weighted by Crippen LogP contribution is 2.18. The van der Waals surface area contributed by atoms with Crippen LogP contribution in [0.5, 0.6) is 5.75 Å². The molecule has 0 aliphatic heterocycles. The number of hydrogen-bond donors (Lipinski definition) is 0. The molecule has 0 heterocycles. The van der Waals surface area contributed by atoms with Gasteiger partial charge in [0.2, 0.25) is 0 Å². The minimum absolute atomic E-state index is 0.145. The van der Waals surface area contributed by atoms with E-state index in [9.17, 15) is 13.6 Å². The van der Waals surface area contributed by atoms with Crippen molar-refractivity contribution >= 4 is 11.9 Å². The van der Waals surface area contributed by atoms with Crippen molar-refractivity contribution in [2.45, 2.75) is 0 Å². The molecule has 0 saturated carbocycles. The summed E-state index contributed by atoms with van der Waals surface area (Å²) < 4.78 is 31.0. The third kappa shape index (κ3) is 3.29. The molecule has 0 N–H and O–H groups in total. The van der Waals surface area contributed by atoms with Gasteiger partial charge in [-0.2, -0.15) is 0 Å². The van der Waals surface area contributed by atoms with E-state index in [1.165, 1.54) is 55.7 Å². The predicted molar refractivity (Wildman–Crippen MR) is 72.7 cm³/mol. The number of benzene rings is 2. The van der Waals surface area contributed by atoms with E-state index in [0.717, 1.165) is 0 Å². The molecule has 0 amide bonds. The molecular weight excluding hydrogens is 262 g/mol. The fraction of sp³-hybridized carbons (Fsp3) is 0.0625. The summed E-state index contributed by atoms with van der Waals surface area (Å²) >= 11 is 0. The van der Waals surface area contributed by atoms with Crippen LogP contribution < -0.4 is 4.74 Å². The molecule has 2 rings (SSSR count). The topological polar surface area (TPSA) is 26.3 Å². The van der Waals surface area contributed by atoms with Crippen LogP contribution in [-0.4, -0.2) is 12.9 Å². The van der Waals surface area contributed by atoms with Gasteiger partial charge in [-0.1, -0.05) is 12.1 Å². The molecular formula is C16H12F2O2. The van der Waals surface area contributed by atoms with Gasteiger partial charge in [-0.25, -0.2) is 8.78 Å². The van der Waals surface area contributed by atoms with Gasteiger partial charge >= 0.3 is 0 Å². The zero-order valence-electron chi connectivity index (χ0n) is 10.8. The summed E-state index contributed by atoms with van der Waals surface area (Å²) in [5.74, 6) is -1.03. The number of halogens is 2. The standard InChI is InChI=1S/C16H12F2O2/c1-20-16-9-3-11(10-14(16)18)2-8-15(19)12-4-6-13(17)7-5-12/h2-10H,1H3. The molecule has 0 saturated heterocycles. The van der Waals surface area contributed by atoms with Crippen molar-refractivity contribution in [3.63, 3.8) is 0 Å². The zero-order valence-corrected chi connectivity index (χ0v) is 10.8. The number of ketones is 1. The normalized spacial score (nSPS) is 10.8. The van der Waals surface area contributed by atoms with E-state index >= 15 is 0 Å². The van der Waals surface area contributed by atoms with Gasteiger partial charge in [0.25, 0.3) is 0 Å². The van der Waals surface area contributed by atoms with Crippen molar-refractivity contribution in [1.82, 2.24) is 0 Å². The van der Waals surface area contributed by atoms with Crippen LogP contribution in [0.15, 0.2) is 48.5 Å². The van der Waals surface area contributed by atoms with Crippen LogP contribution in [0.3, 0.4) is 0 Å². The van der Waals surface area contributed by atoms with E-state index < -0.39 is 11.6 Å². The van der Waals surface area contributed by atoms with Crippen molar-refractivity contribution in [2.24, 2.45) is 0 Å². The molecule has 0 bridgehead atoms. The molecule has 0 aromatic heterocycles. The number of carbonyl (C=O) groups excluding carboxylic acids is 1. The Hall–Kier alpha value is -2.49. The number of hydrogen-bond acceptors (Lipinski definition) is 2. The van der Waals surface area contributed by atoms with Crippen molar-refractivity contribution in [3.05, 3.63) is 71.3 Å². The van der Waals surface area contributed by atoms with Gasteiger partial charge in [0.05, 0.1) is 7.11 Å². The summed E-state index contributed by atoms with van der Waals surface area (Å²) in [6.07, 6.45) is 2.81. The molecule has 0 atom stereocenters. The summed E-state index contributed by atoms with van der Waals surface area (Å²) in [6, 6.07) is 9.62. The monoisotopic (exact) mass is 274 g/mol. The van der Waals surface area contributed by atoms with Crippen LogP contribution in [0, 0.1) is 11.6 Å². The summed E-state index contributed by atoms with van der Waals surface area (Å²) in [4.78, 5) is 11.8. The van der Waals surface area contributed by atoms with Gasteiger partial charge in [0.1, 0.15) is 5.82 Å². The minimum atomic E-state index is -0.496. The molecule has 0 aliphatic carbocycles. The highest BCUT2D eigenvalue weighted by molar-refractivity contribution is 6.06. The first-order chi connectivity index (χ1) is 9.60. The van der Waals surface area contributed by atoms with Gasteiger partial charge in [0, 0.05) is 5.56 Å². The lowest BCUT2D eigenvalue weighted by molar-refractivity contribution is 0.104. The lowest BCUT2D eigenvalue weighted by Gasteiger charge is -2.01. The Morgan fingerprint density at radius 1 is 1.10 bits per heavy atom. The largest absolute Gasteiger partial charge is 0.494 e. The molecule has 0 radical (unpaired) electrons. The second-order valence-electron chi connectivity index (χ2n) is 4.10. The Morgan fingerprint density at radius 2 is 1.80 bits per heavy atom. The Bertz CT molecular complexity index is 646. The molecule has 0 aliphatic rings. The first kappa shape index (κ1) is 13.9. The lowest BCUT2D eigenvalue weighted by Crippen LogP contribution is -1.94. The SMILES string of the molecule is COc1ccc(C=CC(=O)c2ccc(F)cc2)cc1F. The van der Waals surface area contributed by atoms with Crippen LogP contribution in [-0.2, 0) is 0 Å². The molecule has 0 unspecified atom stereocenters. The fourth-order valence-corrected chi connectivity index (χ4v) is 1.67. The van der Waals surface area contributed by atoms with Crippen molar-refractivity contribution in [3.8, 4) is 5.75 Å². The second kappa shape index (κ2) is 6.10. The first-order valence-electron chi connectivity index (χ1n) is 5.91. The van der Waals surface area contributed by atoms with Crippen molar-refractivity contribution in [2.75, 3.05) is 7.11 Å². The Balaban J connectivity index is 2.14. The van der Waals surface area contributed by atoms with E-state index in [-0.39, 0.29) is 11.5 Å². The lowest BCUT2D eigenvalue weighted by atomic mass is 10.1. The average Bonchev–Trinajstić information content (AvgIpc) is 2.45. The molecule has 2 aromatic carbocycles. The van der Waals surface area contributed by atoms with Crippen LogP contribution in [0.4, 0.5) is 8.78 Å². The third-order valence-corrected chi connectivity index (χ3v) is 2.73. The average molecular weight is 274 g/mol. The maximum atomic E-state index is 13.5. The maximum Gasteiger partial charge on any atom is 0.185 e. The molecule has 0 fully saturated rings. The minimum Gasteiger partial charge on any atom is -0.494 e. The molecule has 4 heteroatoms. The van der Waals surface area contributed by atoms with Gasteiger partial charge in [-0.3, -0.25) is 4.79 Å². The zero-order chi connectivity index (χ0) is 14.5. The summed E-state index contributed by atoms with van der Waals surface area (Å²) in [5.41, 5.74) is 0.912. The summed E-state index contributed by atoms with van der Waals surface area (Å²) in [5, 5.41) is 0. The van der Waals surface area contributed by atoms with Crippen LogP contribution in [0.25, 0.3) is 6.08 Å². The number of methoxy groups -OCH3 is 1. The number of allylic oxidation sites excluding steroid dienone is 1.